The van der Waals surface area contributed by atoms with Crippen LogP contribution in [0.3, 0.4) is 0 Å². The summed E-state index contributed by atoms with van der Waals surface area (Å²) in [5.41, 5.74) is 10.5. The van der Waals surface area contributed by atoms with Crippen molar-refractivity contribution in [2.45, 2.75) is 32.2 Å². The van der Waals surface area contributed by atoms with E-state index in [1.54, 1.807) is 6.20 Å². The van der Waals surface area contributed by atoms with Crippen LogP contribution < -0.4 is 21.3 Å². The maximum absolute atomic E-state index is 11.5. The molecule has 1 aromatic heterocycles. The van der Waals surface area contributed by atoms with Crippen molar-refractivity contribution in [3.05, 3.63) is 78.0 Å². The van der Waals surface area contributed by atoms with Crippen molar-refractivity contribution in [2.24, 2.45) is 5.73 Å². The van der Waals surface area contributed by atoms with Crippen LogP contribution in [0, 0.1) is 0 Å². The van der Waals surface area contributed by atoms with Crippen LogP contribution in [0.5, 0.6) is 0 Å². The average Bonchev–Trinajstić information content (AvgIpc) is 2.80. The number of carbonyl (C=O) groups is 1. The minimum absolute atomic E-state index is 0.148. The number of aromatic nitrogens is 1. The lowest BCUT2D eigenvalue weighted by Crippen LogP contribution is -2.29. The van der Waals surface area contributed by atoms with Crippen LogP contribution in [-0.2, 0) is 17.8 Å². The molecule has 1 fully saturated rings. The molecule has 1 aliphatic rings. The minimum Gasteiger partial charge on any atom is -0.381 e. The van der Waals surface area contributed by atoms with Crippen LogP contribution >= 0.6 is 0 Å². The van der Waals surface area contributed by atoms with Crippen LogP contribution in [0.25, 0.3) is 0 Å². The third-order valence-corrected chi connectivity index (χ3v) is 5.54. The SMILES string of the molecule is NC(=O)Cc1cnc(Nc2ccc(N3CCCCC3)cc2)cc1NCc1ccccc1. The van der Waals surface area contributed by atoms with Gasteiger partial charge in [-0.1, -0.05) is 30.3 Å². The van der Waals surface area contributed by atoms with E-state index in [1.807, 2.05) is 24.3 Å². The van der Waals surface area contributed by atoms with Gasteiger partial charge in [-0.25, -0.2) is 4.98 Å². The standard InChI is InChI=1S/C25H29N5O/c26-24(31)15-20-18-28-25(16-23(20)27-17-19-7-3-1-4-8-19)29-21-9-11-22(12-10-21)30-13-5-2-6-14-30/h1,3-4,7-12,16,18H,2,5-6,13-15,17H2,(H2,26,31)(H2,27,28,29). The van der Waals surface area contributed by atoms with E-state index in [4.69, 9.17) is 5.73 Å². The number of piperidine rings is 1. The summed E-state index contributed by atoms with van der Waals surface area (Å²) in [4.78, 5) is 18.4. The molecule has 1 saturated heterocycles. The van der Waals surface area contributed by atoms with Gasteiger partial charge in [0.25, 0.3) is 0 Å². The Balaban J connectivity index is 1.47. The molecule has 2 heterocycles. The fourth-order valence-corrected chi connectivity index (χ4v) is 3.89. The third-order valence-electron chi connectivity index (χ3n) is 5.54. The number of hydrogen-bond donors (Lipinski definition) is 3. The highest BCUT2D eigenvalue weighted by Gasteiger charge is 2.11. The number of nitrogens with two attached hydrogens (primary N) is 1. The number of rotatable bonds is 8. The zero-order chi connectivity index (χ0) is 21.5. The van der Waals surface area contributed by atoms with Gasteiger partial charge in [0.15, 0.2) is 0 Å². The molecule has 4 rings (SSSR count). The first-order chi connectivity index (χ1) is 15.2. The van der Waals surface area contributed by atoms with Crippen LogP contribution in [0.1, 0.15) is 30.4 Å². The molecular formula is C25H29N5O. The number of pyridine rings is 1. The second-order valence-electron chi connectivity index (χ2n) is 7.93. The van der Waals surface area contributed by atoms with Crippen molar-refractivity contribution in [1.29, 1.82) is 0 Å². The second kappa shape index (κ2) is 9.98. The quantitative estimate of drug-likeness (QED) is 0.506. The van der Waals surface area contributed by atoms with Gasteiger partial charge in [-0.3, -0.25) is 4.79 Å². The minimum atomic E-state index is -0.376. The van der Waals surface area contributed by atoms with E-state index < -0.39 is 0 Å². The van der Waals surface area contributed by atoms with E-state index >= 15 is 0 Å². The van der Waals surface area contributed by atoms with E-state index in [0.29, 0.717) is 6.54 Å². The van der Waals surface area contributed by atoms with E-state index in [-0.39, 0.29) is 12.3 Å². The smallest absolute Gasteiger partial charge is 0.221 e. The lowest BCUT2D eigenvalue weighted by Gasteiger charge is -2.28. The number of hydrogen-bond acceptors (Lipinski definition) is 5. The Morgan fingerprint density at radius 1 is 1.00 bits per heavy atom. The fourth-order valence-electron chi connectivity index (χ4n) is 3.89. The highest BCUT2D eigenvalue weighted by Crippen LogP contribution is 2.25. The Kier molecular flexibility index (Phi) is 6.67. The number of carbonyl (C=O) groups excluding carboxylic acids is 1. The molecule has 0 spiro atoms. The summed E-state index contributed by atoms with van der Waals surface area (Å²) >= 11 is 0. The molecule has 0 atom stereocenters. The normalized spacial score (nSPS) is 13.6. The number of primary amides is 1. The Hall–Kier alpha value is -3.54. The Bertz CT molecular complexity index is 998. The van der Waals surface area contributed by atoms with Crippen molar-refractivity contribution in [1.82, 2.24) is 4.98 Å². The van der Waals surface area contributed by atoms with Crippen LogP contribution in [0.15, 0.2) is 66.9 Å². The predicted molar refractivity (Wildman–Crippen MR) is 127 cm³/mol. The lowest BCUT2D eigenvalue weighted by molar-refractivity contribution is -0.117. The average molecular weight is 416 g/mol. The van der Waals surface area contributed by atoms with Crippen LogP contribution in [0.2, 0.25) is 0 Å². The van der Waals surface area contributed by atoms with E-state index in [2.05, 4.69) is 56.9 Å². The summed E-state index contributed by atoms with van der Waals surface area (Å²) in [7, 11) is 0. The zero-order valence-electron chi connectivity index (χ0n) is 17.7. The Morgan fingerprint density at radius 2 is 1.74 bits per heavy atom. The Labute approximate surface area is 183 Å². The summed E-state index contributed by atoms with van der Waals surface area (Å²) in [6, 6.07) is 20.5. The molecule has 0 aliphatic carbocycles. The monoisotopic (exact) mass is 415 g/mol. The zero-order valence-corrected chi connectivity index (χ0v) is 17.7. The molecule has 31 heavy (non-hydrogen) atoms. The van der Waals surface area contributed by atoms with Crippen LogP contribution in [-0.4, -0.2) is 24.0 Å². The fraction of sp³-hybridized carbons (Fsp3) is 0.280. The highest BCUT2D eigenvalue weighted by molar-refractivity contribution is 5.79. The predicted octanol–water partition coefficient (Wildman–Crippen LogP) is 4.46. The van der Waals surface area contributed by atoms with Gasteiger partial charge >= 0.3 is 0 Å². The van der Waals surface area contributed by atoms with Crippen molar-refractivity contribution in [3.63, 3.8) is 0 Å². The van der Waals surface area contributed by atoms with Gasteiger partial charge in [-0.05, 0) is 49.1 Å². The van der Waals surface area contributed by atoms with E-state index in [9.17, 15) is 4.79 Å². The summed E-state index contributed by atoms with van der Waals surface area (Å²) in [5.74, 6) is 0.341. The van der Waals surface area contributed by atoms with Gasteiger partial charge in [-0.15, -0.1) is 0 Å². The van der Waals surface area contributed by atoms with Crippen molar-refractivity contribution in [3.8, 4) is 0 Å². The number of nitrogens with zero attached hydrogens (tertiary/aromatic N) is 2. The molecular weight excluding hydrogens is 386 g/mol. The summed E-state index contributed by atoms with van der Waals surface area (Å²) < 4.78 is 0. The van der Waals surface area contributed by atoms with Gasteiger partial charge in [-0.2, -0.15) is 0 Å². The molecule has 0 saturated carbocycles. The van der Waals surface area contributed by atoms with Crippen molar-refractivity contribution in [2.75, 3.05) is 28.6 Å². The largest absolute Gasteiger partial charge is 0.381 e. The first-order valence-corrected chi connectivity index (χ1v) is 10.8. The molecule has 4 N–H and O–H groups in total. The number of anilines is 4. The first kappa shape index (κ1) is 20.7. The summed E-state index contributed by atoms with van der Waals surface area (Å²) in [6.45, 7) is 2.92. The molecule has 0 unspecified atom stereocenters. The summed E-state index contributed by atoms with van der Waals surface area (Å²) in [6.07, 6.45) is 5.71. The van der Waals surface area contributed by atoms with Crippen molar-refractivity contribution >= 4 is 28.8 Å². The second-order valence-corrected chi connectivity index (χ2v) is 7.93. The topological polar surface area (TPSA) is 83.3 Å². The van der Waals surface area contributed by atoms with Gasteiger partial charge in [0.1, 0.15) is 5.82 Å². The summed E-state index contributed by atoms with van der Waals surface area (Å²) in [5, 5.41) is 6.79. The van der Waals surface area contributed by atoms with Gasteiger partial charge in [0.05, 0.1) is 6.42 Å². The molecule has 6 nitrogen and oxygen atoms in total. The van der Waals surface area contributed by atoms with Gasteiger partial charge < -0.3 is 21.3 Å². The number of nitrogens with one attached hydrogen (secondary N) is 2. The Morgan fingerprint density at radius 3 is 2.45 bits per heavy atom. The van der Waals surface area contributed by atoms with Gasteiger partial charge in [0.2, 0.25) is 5.91 Å². The van der Waals surface area contributed by atoms with E-state index in [1.165, 1.54) is 24.9 Å². The van der Waals surface area contributed by atoms with Crippen molar-refractivity contribution < 1.29 is 4.79 Å². The van der Waals surface area contributed by atoms with Crippen LogP contribution in [0.4, 0.5) is 22.9 Å². The van der Waals surface area contributed by atoms with E-state index in [0.717, 1.165) is 41.4 Å². The third kappa shape index (κ3) is 5.75. The van der Waals surface area contributed by atoms with Gasteiger partial charge in [0, 0.05) is 54.5 Å². The molecule has 0 radical (unpaired) electrons. The molecule has 2 aromatic carbocycles. The number of amides is 1. The molecule has 0 bridgehead atoms. The molecule has 3 aromatic rings. The molecule has 6 heteroatoms. The molecule has 1 amide bonds. The maximum atomic E-state index is 11.5. The maximum Gasteiger partial charge on any atom is 0.221 e. The molecule has 160 valence electrons. The highest BCUT2D eigenvalue weighted by atomic mass is 16.1. The molecule has 1 aliphatic heterocycles. The lowest BCUT2D eigenvalue weighted by atomic mass is 10.1. The number of benzene rings is 2. The first-order valence-electron chi connectivity index (χ1n) is 10.8.